The second-order valence-electron chi connectivity index (χ2n) is 4.64. The van der Waals surface area contributed by atoms with Crippen LogP contribution in [0.15, 0.2) is 45.9 Å². The lowest BCUT2D eigenvalue weighted by Crippen LogP contribution is -2.17. The van der Waals surface area contributed by atoms with E-state index in [0.29, 0.717) is 11.3 Å². The number of pyridine rings is 1. The molecule has 7 nitrogen and oxygen atoms in total. The van der Waals surface area contributed by atoms with Gasteiger partial charge in [-0.15, -0.1) is 0 Å². The summed E-state index contributed by atoms with van der Waals surface area (Å²) in [5.41, 5.74) is 0.884. The first-order valence-electron chi connectivity index (χ1n) is 6.29. The summed E-state index contributed by atoms with van der Waals surface area (Å²) < 4.78 is 22.7. The highest BCUT2D eigenvalue weighted by Crippen LogP contribution is 2.21. The van der Waals surface area contributed by atoms with Crippen LogP contribution in [0.25, 0.3) is 0 Å². The summed E-state index contributed by atoms with van der Waals surface area (Å²) >= 11 is 3.04. The summed E-state index contributed by atoms with van der Waals surface area (Å²) in [5, 5.41) is 7.61. The predicted octanol–water partition coefficient (Wildman–Crippen LogP) is 1.95. The predicted molar refractivity (Wildman–Crippen MR) is 87.7 cm³/mol. The number of carbonyl (C=O) groups excluding carboxylic acids is 2. The monoisotopic (exact) mass is 397 g/mol. The molecule has 0 bridgehead atoms. The Bertz CT molecular complexity index is 897. The van der Waals surface area contributed by atoms with Gasteiger partial charge in [0.15, 0.2) is 5.78 Å². The minimum absolute atomic E-state index is 0.00231. The van der Waals surface area contributed by atoms with Crippen molar-refractivity contribution in [1.29, 1.82) is 0 Å². The number of anilines is 1. The number of nitrogens with two attached hydrogens (primary N) is 1. The largest absolute Gasteiger partial charge is 0.321 e. The molecule has 2 rings (SSSR count). The van der Waals surface area contributed by atoms with E-state index in [-0.39, 0.29) is 20.8 Å². The summed E-state index contributed by atoms with van der Waals surface area (Å²) in [5.74, 6) is -0.674. The molecule has 0 saturated heterocycles. The van der Waals surface area contributed by atoms with E-state index < -0.39 is 15.9 Å². The van der Waals surface area contributed by atoms with Crippen molar-refractivity contribution >= 4 is 43.3 Å². The summed E-state index contributed by atoms with van der Waals surface area (Å²) in [4.78, 5) is 27.1. The maximum Gasteiger partial charge on any atom is 0.274 e. The molecule has 23 heavy (non-hydrogen) atoms. The number of hydrogen-bond donors (Lipinski definition) is 2. The average Bonchev–Trinajstić information content (AvgIpc) is 2.46. The van der Waals surface area contributed by atoms with Crippen molar-refractivity contribution in [1.82, 2.24) is 4.98 Å². The summed E-state index contributed by atoms with van der Waals surface area (Å²) in [6, 6.07) is 7.68. The number of rotatable bonds is 4. The first-order chi connectivity index (χ1) is 10.7. The van der Waals surface area contributed by atoms with Crippen LogP contribution < -0.4 is 10.5 Å². The minimum Gasteiger partial charge on any atom is -0.321 e. The van der Waals surface area contributed by atoms with E-state index >= 15 is 0 Å². The van der Waals surface area contributed by atoms with Crippen molar-refractivity contribution in [2.45, 2.75) is 11.8 Å². The third kappa shape index (κ3) is 4.21. The number of nitrogens with one attached hydrogen (secondary N) is 1. The molecule has 1 aromatic carbocycles. The SMILES string of the molecule is CC(=O)c1cccc(NC(=O)c2cc(Br)c(S(N)(=O)=O)cn2)c1. The van der Waals surface area contributed by atoms with Gasteiger partial charge in [0.05, 0.1) is 0 Å². The zero-order valence-electron chi connectivity index (χ0n) is 11.9. The standard InChI is InChI=1S/C14H12BrN3O4S/c1-8(19)9-3-2-4-10(5-9)18-14(20)12-6-11(15)13(7-17-12)23(16,21)22/h2-7H,1H3,(H,18,20)(H2,16,21,22). The van der Waals surface area contributed by atoms with E-state index in [4.69, 9.17) is 5.14 Å². The van der Waals surface area contributed by atoms with Crippen LogP contribution in [0.2, 0.25) is 0 Å². The second-order valence-corrected chi connectivity index (χ2v) is 7.02. The van der Waals surface area contributed by atoms with E-state index in [1.54, 1.807) is 18.2 Å². The van der Waals surface area contributed by atoms with Gasteiger partial charge in [0.2, 0.25) is 10.0 Å². The molecule has 0 unspecified atom stereocenters. The molecule has 0 atom stereocenters. The Morgan fingerprint density at radius 3 is 2.52 bits per heavy atom. The van der Waals surface area contributed by atoms with Gasteiger partial charge in [0.1, 0.15) is 10.6 Å². The second kappa shape index (κ2) is 6.57. The topological polar surface area (TPSA) is 119 Å². The zero-order valence-corrected chi connectivity index (χ0v) is 14.3. The zero-order chi connectivity index (χ0) is 17.2. The fourth-order valence-corrected chi connectivity index (χ4v) is 3.29. The number of primary sulfonamides is 1. The third-order valence-corrected chi connectivity index (χ3v) is 4.74. The lowest BCUT2D eigenvalue weighted by molar-refractivity contribution is 0.100. The highest BCUT2D eigenvalue weighted by atomic mass is 79.9. The van der Waals surface area contributed by atoms with Gasteiger partial charge in [0.25, 0.3) is 5.91 Å². The number of halogens is 1. The van der Waals surface area contributed by atoms with Gasteiger partial charge < -0.3 is 5.32 Å². The normalized spacial score (nSPS) is 11.1. The molecule has 1 amide bonds. The number of aromatic nitrogens is 1. The third-order valence-electron chi connectivity index (χ3n) is 2.89. The van der Waals surface area contributed by atoms with Crippen LogP contribution in [0.1, 0.15) is 27.8 Å². The fourth-order valence-electron chi connectivity index (χ4n) is 1.76. The number of carbonyl (C=O) groups is 2. The quantitative estimate of drug-likeness (QED) is 0.763. The Morgan fingerprint density at radius 1 is 1.26 bits per heavy atom. The highest BCUT2D eigenvalue weighted by molar-refractivity contribution is 9.10. The van der Waals surface area contributed by atoms with E-state index in [2.05, 4.69) is 26.2 Å². The van der Waals surface area contributed by atoms with E-state index in [1.807, 2.05) is 0 Å². The fraction of sp³-hybridized carbons (Fsp3) is 0.0714. The highest BCUT2D eigenvalue weighted by Gasteiger charge is 2.16. The van der Waals surface area contributed by atoms with Gasteiger partial charge in [-0.25, -0.2) is 18.5 Å². The first kappa shape index (κ1) is 17.3. The van der Waals surface area contributed by atoms with Gasteiger partial charge in [-0.1, -0.05) is 12.1 Å². The number of nitrogens with zero attached hydrogens (tertiary/aromatic N) is 1. The molecule has 0 aliphatic rings. The molecule has 120 valence electrons. The van der Waals surface area contributed by atoms with Crippen LogP contribution >= 0.6 is 15.9 Å². The molecule has 0 aliphatic carbocycles. The molecule has 9 heteroatoms. The summed E-state index contributed by atoms with van der Waals surface area (Å²) in [6.07, 6.45) is 1.00. The van der Waals surface area contributed by atoms with Crippen LogP contribution in [-0.4, -0.2) is 25.1 Å². The maximum atomic E-state index is 12.1. The molecule has 3 N–H and O–H groups in total. The Morgan fingerprint density at radius 2 is 1.96 bits per heavy atom. The van der Waals surface area contributed by atoms with Gasteiger partial charge in [-0.3, -0.25) is 9.59 Å². The van der Waals surface area contributed by atoms with Crippen molar-refractivity contribution in [2.75, 3.05) is 5.32 Å². The molecule has 0 fully saturated rings. The van der Waals surface area contributed by atoms with Gasteiger partial charge >= 0.3 is 0 Å². The van der Waals surface area contributed by atoms with Crippen molar-refractivity contribution in [2.24, 2.45) is 5.14 Å². The van der Waals surface area contributed by atoms with E-state index in [9.17, 15) is 18.0 Å². The molecule has 0 spiro atoms. The number of Topliss-reactive ketones (excluding diaryl/α,β-unsaturated/α-hetero) is 1. The Labute approximate surface area is 141 Å². The number of benzene rings is 1. The van der Waals surface area contributed by atoms with Crippen LogP contribution in [-0.2, 0) is 10.0 Å². The number of ketones is 1. The van der Waals surface area contributed by atoms with E-state index in [0.717, 1.165) is 6.20 Å². The molecule has 1 aromatic heterocycles. The molecule has 1 heterocycles. The van der Waals surface area contributed by atoms with Crippen LogP contribution in [0, 0.1) is 0 Å². The Kier molecular flexibility index (Phi) is 4.93. The lowest BCUT2D eigenvalue weighted by atomic mass is 10.1. The molecule has 0 aliphatic heterocycles. The van der Waals surface area contributed by atoms with Gasteiger partial charge in [-0.2, -0.15) is 0 Å². The molecule has 2 aromatic rings. The maximum absolute atomic E-state index is 12.1. The minimum atomic E-state index is -3.93. The van der Waals surface area contributed by atoms with Crippen molar-refractivity contribution in [3.63, 3.8) is 0 Å². The van der Waals surface area contributed by atoms with Crippen molar-refractivity contribution in [3.8, 4) is 0 Å². The molecule has 0 radical (unpaired) electrons. The number of amides is 1. The first-order valence-corrected chi connectivity index (χ1v) is 8.63. The lowest BCUT2D eigenvalue weighted by Gasteiger charge is -2.07. The number of sulfonamides is 1. The smallest absolute Gasteiger partial charge is 0.274 e. The van der Waals surface area contributed by atoms with Gasteiger partial charge in [0, 0.05) is 21.9 Å². The van der Waals surface area contributed by atoms with Crippen LogP contribution in [0.4, 0.5) is 5.69 Å². The summed E-state index contributed by atoms with van der Waals surface area (Å²) in [6.45, 7) is 1.42. The van der Waals surface area contributed by atoms with Crippen LogP contribution in [0.5, 0.6) is 0 Å². The molecular formula is C14H12BrN3O4S. The Hall–Kier alpha value is -2.10. The Balaban J connectivity index is 2.26. The van der Waals surface area contributed by atoms with Crippen LogP contribution in [0.3, 0.4) is 0 Å². The number of hydrogen-bond acceptors (Lipinski definition) is 5. The van der Waals surface area contributed by atoms with Crippen molar-refractivity contribution < 1.29 is 18.0 Å². The average molecular weight is 398 g/mol. The summed E-state index contributed by atoms with van der Waals surface area (Å²) in [7, 11) is -3.93. The van der Waals surface area contributed by atoms with E-state index in [1.165, 1.54) is 19.1 Å². The molecule has 0 saturated carbocycles. The molecular weight excluding hydrogens is 386 g/mol. The van der Waals surface area contributed by atoms with Crippen molar-refractivity contribution in [3.05, 3.63) is 52.3 Å². The van der Waals surface area contributed by atoms with Gasteiger partial charge in [-0.05, 0) is 41.1 Å².